The van der Waals surface area contributed by atoms with Crippen molar-refractivity contribution < 1.29 is 23.7 Å². The van der Waals surface area contributed by atoms with Crippen molar-refractivity contribution in [3.05, 3.63) is 59.3 Å². The monoisotopic (exact) mass is 395 g/mol. The molecule has 6 nitrogen and oxygen atoms in total. The van der Waals surface area contributed by atoms with Gasteiger partial charge in [-0.3, -0.25) is 0 Å². The summed E-state index contributed by atoms with van der Waals surface area (Å²) in [6.45, 7) is 5.25. The van der Waals surface area contributed by atoms with E-state index in [2.05, 4.69) is 11.9 Å². The number of hydrogen-bond acceptors (Lipinski definition) is 6. The van der Waals surface area contributed by atoms with Crippen molar-refractivity contribution in [2.75, 3.05) is 20.3 Å². The molecule has 0 N–H and O–H groups in total. The highest BCUT2D eigenvalue weighted by molar-refractivity contribution is 6.12. The fourth-order valence-corrected chi connectivity index (χ4v) is 2.77. The van der Waals surface area contributed by atoms with Crippen LogP contribution in [0.25, 0.3) is 6.08 Å². The van der Waals surface area contributed by atoms with Gasteiger partial charge in [-0.2, -0.15) is 0 Å². The average molecular weight is 395 g/mol. The molecule has 1 aliphatic heterocycles. The highest BCUT2D eigenvalue weighted by atomic mass is 16.6. The predicted octanol–water partition coefficient (Wildman–Crippen LogP) is 4.62. The van der Waals surface area contributed by atoms with E-state index in [0.29, 0.717) is 30.3 Å². The Hall–Kier alpha value is -3.28. The van der Waals surface area contributed by atoms with Gasteiger partial charge in [0, 0.05) is 5.56 Å². The average Bonchev–Trinajstić information content (AvgIpc) is 3.10. The molecule has 0 spiro atoms. The molecule has 1 heterocycles. The summed E-state index contributed by atoms with van der Waals surface area (Å²) in [5.41, 5.74) is 1.71. The Bertz CT molecular complexity index is 915. The number of carbonyl (C=O) groups is 1. The van der Waals surface area contributed by atoms with Gasteiger partial charge >= 0.3 is 5.97 Å². The van der Waals surface area contributed by atoms with Gasteiger partial charge in [0.25, 0.3) is 0 Å². The topological polar surface area (TPSA) is 66.3 Å². The van der Waals surface area contributed by atoms with Crippen LogP contribution in [0, 0.1) is 0 Å². The first-order valence-corrected chi connectivity index (χ1v) is 9.71. The van der Waals surface area contributed by atoms with Gasteiger partial charge < -0.3 is 18.9 Å². The lowest BCUT2D eigenvalue weighted by Gasteiger charge is -2.09. The summed E-state index contributed by atoms with van der Waals surface area (Å²) >= 11 is 0. The van der Waals surface area contributed by atoms with E-state index in [1.54, 1.807) is 25.3 Å². The van der Waals surface area contributed by atoms with Crippen molar-refractivity contribution in [2.45, 2.75) is 26.7 Å². The minimum Gasteiger partial charge on any atom is -0.494 e. The highest BCUT2D eigenvalue weighted by Crippen LogP contribution is 2.29. The number of aliphatic imine (C=N–C) groups is 1. The molecular formula is C23H25NO5. The first-order valence-electron chi connectivity index (χ1n) is 9.71. The zero-order valence-electron chi connectivity index (χ0n) is 16.9. The molecule has 0 radical (unpaired) electrons. The van der Waals surface area contributed by atoms with Crippen LogP contribution in [0.4, 0.5) is 0 Å². The van der Waals surface area contributed by atoms with Crippen LogP contribution in [0.2, 0.25) is 0 Å². The van der Waals surface area contributed by atoms with E-state index < -0.39 is 5.97 Å². The number of hydrogen-bond donors (Lipinski definition) is 0. The van der Waals surface area contributed by atoms with Crippen LogP contribution < -0.4 is 14.2 Å². The molecule has 0 atom stereocenters. The smallest absolute Gasteiger partial charge is 0.363 e. The number of carbonyl (C=O) groups excluding carboxylic acids is 1. The summed E-state index contributed by atoms with van der Waals surface area (Å²) in [6, 6.07) is 12.8. The second-order valence-corrected chi connectivity index (χ2v) is 6.41. The molecule has 29 heavy (non-hydrogen) atoms. The first-order chi connectivity index (χ1) is 14.1. The minimum absolute atomic E-state index is 0.231. The normalized spacial score (nSPS) is 14.5. The van der Waals surface area contributed by atoms with Crippen molar-refractivity contribution in [1.82, 2.24) is 0 Å². The maximum absolute atomic E-state index is 12.2. The van der Waals surface area contributed by atoms with Gasteiger partial charge in [-0.15, -0.1) is 0 Å². The van der Waals surface area contributed by atoms with Gasteiger partial charge in [-0.1, -0.05) is 19.4 Å². The number of nitrogens with zero attached hydrogens (tertiary/aromatic N) is 1. The van der Waals surface area contributed by atoms with Gasteiger partial charge in [0.1, 0.15) is 5.75 Å². The summed E-state index contributed by atoms with van der Waals surface area (Å²) in [6.07, 6.45) is 3.76. The summed E-state index contributed by atoms with van der Waals surface area (Å²) in [7, 11) is 1.57. The molecule has 0 unspecified atom stereocenters. The summed E-state index contributed by atoms with van der Waals surface area (Å²) in [5, 5.41) is 0. The lowest BCUT2D eigenvalue weighted by molar-refractivity contribution is -0.129. The number of methoxy groups -OCH3 is 1. The van der Waals surface area contributed by atoms with E-state index >= 15 is 0 Å². The van der Waals surface area contributed by atoms with E-state index in [-0.39, 0.29) is 11.6 Å². The van der Waals surface area contributed by atoms with E-state index in [1.807, 2.05) is 37.3 Å². The molecule has 0 fully saturated rings. The third-order valence-electron chi connectivity index (χ3n) is 4.28. The third-order valence-corrected chi connectivity index (χ3v) is 4.28. The first kappa shape index (κ1) is 20.5. The quantitative estimate of drug-likeness (QED) is 0.352. The molecule has 152 valence electrons. The maximum atomic E-state index is 12.2. The second-order valence-electron chi connectivity index (χ2n) is 6.41. The molecule has 2 aromatic rings. The zero-order chi connectivity index (χ0) is 20.6. The Morgan fingerprint density at radius 3 is 2.52 bits per heavy atom. The van der Waals surface area contributed by atoms with Crippen LogP contribution in [0.5, 0.6) is 17.2 Å². The maximum Gasteiger partial charge on any atom is 0.363 e. The van der Waals surface area contributed by atoms with Crippen LogP contribution in [0.15, 0.2) is 53.2 Å². The van der Waals surface area contributed by atoms with Gasteiger partial charge in [-0.25, -0.2) is 9.79 Å². The molecule has 2 aromatic carbocycles. The Morgan fingerprint density at radius 2 is 1.83 bits per heavy atom. The molecule has 3 rings (SSSR count). The number of rotatable bonds is 9. The lowest BCUT2D eigenvalue weighted by atomic mass is 10.1. The van der Waals surface area contributed by atoms with Crippen molar-refractivity contribution in [3.63, 3.8) is 0 Å². The van der Waals surface area contributed by atoms with Crippen LogP contribution in [-0.2, 0) is 9.53 Å². The summed E-state index contributed by atoms with van der Waals surface area (Å²) < 4.78 is 21.9. The molecule has 0 saturated heterocycles. The fraction of sp³-hybridized carbons (Fsp3) is 0.304. The lowest BCUT2D eigenvalue weighted by Crippen LogP contribution is -2.05. The minimum atomic E-state index is -0.490. The largest absolute Gasteiger partial charge is 0.494 e. The number of benzene rings is 2. The molecule has 0 bridgehead atoms. The standard InChI is InChI=1S/C23H25NO5/c1-4-6-13-28-18-10-8-17(9-11-18)22-24-19(23(25)29-22)14-16-7-12-20(27-5-2)21(15-16)26-3/h7-12,14-15H,4-6,13H2,1-3H3/b19-14+. The Labute approximate surface area is 170 Å². The number of ether oxygens (including phenoxy) is 4. The van der Waals surface area contributed by atoms with Crippen LogP contribution in [0.3, 0.4) is 0 Å². The zero-order valence-corrected chi connectivity index (χ0v) is 16.9. The van der Waals surface area contributed by atoms with Crippen molar-refractivity contribution in [3.8, 4) is 17.2 Å². The summed E-state index contributed by atoms with van der Waals surface area (Å²) in [4.78, 5) is 16.6. The predicted molar refractivity (Wildman–Crippen MR) is 112 cm³/mol. The van der Waals surface area contributed by atoms with Crippen LogP contribution in [0.1, 0.15) is 37.8 Å². The van der Waals surface area contributed by atoms with Gasteiger partial charge in [0.2, 0.25) is 5.90 Å². The van der Waals surface area contributed by atoms with Crippen LogP contribution in [-0.4, -0.2) is 32.2 Å². The van der Waals surface area contributed by atoms with E-state index in [9.17, 15) is 4.79 Å². The highest BCUT2D eigenvalue weighted by Gasteiger charge is 2.24. The van der Waals surface area contributed by atoms with Crippen LogP contribution >= 0.6 is 0 Å². The number of unbranched alkanes of at least 4 members (excludes halogenated alkanes) is 1. The molecule has 6 heteroatoms. The van der Waals surface area contributed by atoms with Gasteiger partial charge in [0.15, 0.2) is 17.2 Å². The van der Waals surface area contributed by atoms with Crippen molar-refractivity contribution in [1.29, 1.82) is 0 Å². The second kappa shape index (κ2) is 9.78. The Morgan fingerprint density at radius 1 is 1.03 bits per heavy atom. The summed E-state index contributed by atoms with van der Waals surface area (Å²) in [5.74, 6) is 1.81. The Balaban J connectivity index is 1.77. The van der Waals surface area contributed by atoms with E-state index in [1.165, 1.54) is 0 Å². The molecule has 0 aromatic heterocycles. The van der Waals surface area contributed by atoms with Crippen molar-refractivity contribution >= 4 is 17.9 Å². The van der Waals surface area contributed by atoms with Gasteiger partial charge in [-0.05, 0) is 61.4 Å². The molecule has 0 saturated carbocycles. The fourth-order valence-electron chi connectivity index (χ4n) is 2.77. The molecule has 1 aliphatic rings. The third kappa shape index (κ3) is 5.16. The van der Waals surface area contributed by atoms with Crippen molar-refractivity contribution in [2.24, 2.45) is 4.99 Å². The van der Waals surface area contributed by atoms with Gasteiger partial charge in [0.05, 0.1) is 20.3 Å². The van der Waals surface area contributed by atoms with E-state index in [4.69, 9.17) is 18.9 Å². The number of esters is 1. The molecule has 0 amide bonds. The van der Waals surface area contributed by atoms with E-state index in [0.717, 1.165) is 24.2 Å². The Kier molecular flexibility index (Phi) is 6.89. The number of cyclic esters (lactones) is 1. The SMILES string of the molecule is CCCCOc1ccc(C2=N/C(=C/c3ccc(OCC)c(OC)c3)C(=O)O2)cc1. The molecule has 0 aliphatic carbocycles. The molecular weight excluding hydrogens is 370 g/mol.